The average molecular weight is 447 g/mol. The van der Waals surface area contributed by atoms with E-state index in [1.807, 2.05) is 30.3 Å². The second kappa shape index (κ2) is 9.49. The molecule has 5 nitrogen and oxygen atoms in total. The van der Waals surface area contributed by atoms with E-state index in [1.54, 1.807) is 26.0 Å². The molecule has 0 aliphatic carbocycles. The first-order chi connectivity index (χ1) is 14.5. The Morgan fingerprint density at radius 1 is 1.26 bits per heavy atom. The second-order valence-corrected chi connectivity index (χ2v) is 10.9. The zero-order valence-electron chi connectivity index (χ0n) is 18.4. The molecule has 2 aromatic rings. The number of aromatic nitrogens is 1. The number of hydrogen-bond acceptors (Lipinski definition) is 5. The van der Waals surface area contributed by atoms with E-state index in [-0.39, 0.29) is 10.8 Å². The fourth-order valence-electron chi connectivity index (χ4n) is 3.98. The second-order valence-electron chi connectivity index (χ2n) is 8.89. The molecular formula is C24H31FN2O3S. The molecule has 0 amide bonds. The van der Waals surface area contributed by atoms with Gasteiger partial charge in [-0.2, -0.15) is 0 Å². The first-order valence-corrected chi connectivity index (χ1v) is 12.4. The summed E-state index contributed by atoms with van der Waals surface area (Å²) in [7, 11) is -3.26. The van der Waals surface area contributed by atoms with E-state index < -0.39 is 15.5 Å². The van der Waals surface area contributed by atoms with Gasteiger partial charge in [0.1, 0.15) is 11.4 Å². The maximum absolute atomic E-state index is 14.1. The van der Waals surface area contributed by atoms with Crippen molar-refractivity contribution in [3.8, 4) is 17.0 Å². The van der Waals surface area contributed by atoms with Crippen LogP contribution in [0.25, 0.3) is 11.3 Å². The van der Waals surface area contributed by atoms with Crippen molar-refractivity contribution in [3.63, 3.8) is 0 Å². The Hall–Kier alpha value is -2.25. The third-order valence-electron chi connectivity index (χ3n) is 5.56. The number of alkyl halides is 1. The van der Waals surface area contributed by atoms with Crippen molar-refractivity contribution < 1.29 is 17.5 Å². The Balaban J connectivity index is 1.62. The SMILES string of the molecule is C=CC1CCN(CC(C)(C)F)CC1COc1ccc(-c2ccc(S(C)(=O)=O)cn2)cc1. The third kappa shape index (κ3) is 6.61. The molecule has 31 heavy (non-hydrogen) atoms. The van der Waals surface area contributed by atoms with Crippen LogP contribution in [0.2, 0.25) is 0 Å². The summed E-state index contributed by atoms with van der Waals surface area (Å²) in [5.74, 6) is 1.37. The fourth-order valence-corrected chi connectivity index (χ4v) is 4.54. The molecule has 0 radical (unpaired) electrons. The van der Waals surface area contributed by atoms with Gasteiger partial charge in [-0.1, -0.05) is 6.08 Å². The van der Waals surface area contributed by atoms with Crippen LogP contribution >= 0.6 is 0 Å². The lowest BCUT2D eigenvalue weighted by Crippen LogP contribution is -2.46. The molecule has 168 valence electrons. The average Bonchev–Trinajstić information content (AvgIpc) is 2.71. The van der Waals surface area contributed by atoms with Crippen molar-refractivity contribution in [2.24, 2.45) is 11.8 Å². The molecule has 1 fully saturated rings. The zero-order chi connectivity index (χ0) is 22.6. The molecule has 0 spiro atoms. The minimum Gasteiger partial charge on any atom is -0.493 e. The van der Waals surface area contributed by atoms with Crippen molar-refractivity contribution in [2.45, 2.75) is 30.8 Å². The number of rotatable bonds is 8. The molecule has 1 aromatic carbocycles. The molecule has 1 aliphatic heterocycles. The molecule has 2 atom stereocenters. The van der Waals surface area contributed by atoms with E-state index in [4.69, 9.17) is 4.74 Å². The van der Waals surface area contributed by atoms with Crippen LogP contribution in [0.3, 0.4) is 0 Å². The Kier molecular flexibility index (Phi) is 7.17. The van der Waals surface area contributed by atoms with E-state index in [9.17, 15) is 12.8 Å². The van der Waals surface area contributed by atoms with Crippen LogP contribution in [0.1, 0.15) is 20.3 Å². The molecule has 0 N–H and O–H groups in total. The number of hydrogen-bond donors (Lipinski definition) is 0. The minimum absolute atomic E-state index is 0.200. The summed E-state index contributed by atoms with van der Waals surface area (Å²) in [6.07, 6.45) is 5.48. The van der Waals surface area contributed by atoms with Gasteiger partial charge in [-0.05, 0) is 69.1 Å². The normalized spacial score (nSPS) is 20.4. The van der Waals surface area contributed by atoms with Gasteiger partial charge in [-0.15, -0.1) is 6.58 Å². The minimum atomic E-state index is -3.26. The predicted molar refractivity (Wildman–Crippen MR) is 122 cm³/mol. The summed E-state index contributed by atoms with van der Waals surface area (Å²) in [5, 5.41) is 0. The number of pyridine rings is 1. The summed E-state index contributed by atoms with van der Waals surface area (Å²) in [5.41, 5.74) is 0.364. The Labute approximate surface area is 184 Å². The molecule has 2 heterocycles. The van der Waals surface area contributed by atoms with E-state index in [2.05, 4.69) is 16.5 Å². The predicted octanol–water partition coefficient (Wildman–Crippen LogP) is 4.40. The lowest BCUT2D eigenvalue weighted by Gasteiger charge is -2.39. The summed E-state index contributed by atoms with van der Waals surface area (Å²) in [6.45, 7) is 9.82. The quantitative estimate of drug-likeness (QED) is 0.563. The molecule has 0 saturated carbocycles. The van der Waals surface area contributed by atoms with E-state index in [0.29, 0.717) is 24.8 Å². The first-order valence-electron chi connectivity index (χ1n) is 10.5. The fraction of sp³-hybridized carbons (Fsp3) is 0.458. The molecule has 1 saturated heterocycles. The highest BCUT2D eigenvalue weighted by atomic mass is 32.2. The van der Waals surface area contributed by atoms with Gasteiger partial charge in [0, 0.05) is 37.0 Å². The number of benzene rings is 1. The highest BCUT2D eigenvalue weighted by molar-refractivity contribution is 7.90. The van der Waals surface area contributed by atoms with Gasteiger partial charge in [-0.3, -0.25) is 9.88 Å². The summed E-state index contributed by atoms with van der Waals surface area (Å²) >= 11 is 0. The van der Waals surface area contributed by atoms with Crippen molar-refractivity contribution in [1.29, 1.82) is 0 Å². The topological polar surface area (TPSA) is 59.5 Å². The Bertz CT molecular complexity index is 983. The van der Waals surface area contributed by atoms with Gasteiger partial charge < -0.3 is 4.74 Å². The molecular weight excluding hydrogens is 415 g/mol. The maximum Gasteiger partial charge on any atom is 0.177 e. The van der Waals surface area contributed by atoms with Crippen molar-refractivity contribution in [1.82, 2.24) is 9.88 Å². The Morgan fingerprint density at radius 3 is 2.52 bits per heavy atom. The van der Waals surface area contributed by atoms with Gasteiger partial charge in [0.05, 0.1) is 17.2 Å². The molecule has 1 aliphatic rings. The van der Waals surface area contributed by atoms with Crippen LogP contribution in [0.5, 0.6) is 5.75 Å². The smallest absolute Gasteiger partial charge is 0.177 e. The van der Waals surface area contributed by atoms with Crippen LogP contribution in [-0.4, -0.2) is 56.5 Å². The summed E-state index contributed by atoms with van der Waals surface area (Å²) < 4.78 is 43.3. The number of sulfone groups is 1. The van der Waals surface area contributed by atoms with Crippen LogP contribution in [0.15, 0.2) is 60.1 Å². The van der Waals surface area contributed by atoms with Gasteiger partial charge in [0.15, 0.2) is 9.84 Å². The molecule has 0 bridgehead atoms. The molecule has 2 unspecified atom stereocenters. The van der Waals surface area contributed by atoms with Gasteiger partial charge >= 0.3 is 0 Å². The highest BCUT2D eigenvalue weighted by Gasteiger charge is 2.31. The number of ether oxygens (including phenoxy) is 1. The molecule has 7 heteroatoms. The van der Waals surface area contributed by atoms with Crippen molar-refractivity contribution in [2.75, 3.05) is 32.5 Å². The first kappa shape index (κ1) is 23.4. The highest BCUT2D eigenvalue weighted by Crippen LogP contribution is 2.28. The zero-order valence-corrected chi connectivity index (χ0v) is 19.2. The Morgan fingerprint density at radius 2 is 1.97 bits per heavy atom. The van der Waals surface area contributed by atoms with Gasteiger partial charge in [0.25, 0.3) is 0 Å². The monoisotopic (exact) mass is 446 g/mol. The van der Waals surface area contributed by atoms with Gasteiger partial charge in [0.2, 0.25) is 0 Å². The van der Waals surface area contributed by atoms with E-state index >= 15 is 0 Å². The van der Waals surface area contributed by atoms with Gasteiger partial charge in [-0.25, -0.2) is 12.8 Å². The van der Waals surface area contributed by atoms with Crippen LogP contribution < -0.4 is 4.74 Å². The molecule has 1 aromatic heterocycles. The number of likely N-dealkylation sites (tertiary alicyclic amines) is 1. The summed E-state index contributed by atoms with van der Waals surface area (Å²) in [4.78, 5) is 6.63. The maximum atomic E-state index is 14.1. The third-order valence-corrected chi connectivity index (χ3v) is 6.66. The number of piperidine rings is 1. The lowest BCUT2D eigenvalue weighted by atomic mass is 9.85. The molecule has 3 rings (SSSR count). The van der Waals surface area contributed by atoms with E-state index in [0.717, 1.165) is 37.1 Å². The number of allylic oxidation sites excluding steroid dienone is 1. The summed E-state index contributed by atoms with van der Waals surface area (Å²) in [6, 6.07) is 10.8. The standard InChI is InChI=1S/C24H31FN2O3S/c1-5-18-12-13-27(17-24(2,3)25)15-20(18)16-30-21-8-6-19(7-9-21)23-11-10-22(14-26-23)31(4,28)29/h5-11,14,18,20H,1,12-13,15-17H2,2-4H3. The lowest BCUT2D eigenvalue weighted by molar-refractivity contribution is 0.0570. The van der Waals surface area contributed by atoms with Crippen LogP contribution in [-0.2, 0) is 9.84 Å². The largest absolute Gasteiger partial charge is 0.493 e. The van der Waals surface area contributed by atoms with Crippen LogP contribution in [0, 0.1) is 11.8 Å². The number of nitrogens with zero attached hydrogens (tertiary/aromatic N) is 2. The van der Waals surface area contributed by atoms with Crippen molar-refractivity contribution >= 4 is 9.84 Å². The number of halogens is 1. The van der Waals surface area contributed by atoms with Crippen LogP contribution in [0.4, 0.5) is 4.39 Å². The van der Waals surface area contributed by atoms with E-state index in [1.165, 1.54) is 6.20 Å². The van der Waals surface area contributed by atoms with Crippen molar-refractivity contribution in [3.05, 3.63) is 55.3 Å².